The molecule has 1 unspecified atom stereocenters. The van der Waals surface area contributed by atoms with E-state index in [1.165, 1.54) is 0 Å². The van der Waals surface area contributed by atoms with E-state index >= 15 is 0 Å². The predicted molar refractivity (Wildman–Crippen MR) is 75.8 cm³/mol. The largest absolute Gasteiger partial charge is 0.378 e. The fraction of sp³-hybridized carbons (Fsp3) is 0.333. The highest BCUT2D eigenvalue weighted by atomic mass is 15.3. The van der Waals surface area contributed by atoms with Crippen molar-refractivity contribution < 1.29 is 0 Å². The standard InChI is InChI=1S/C15H18N4/c1-4-19-10-14(9-17-19)12(3)18-15-7-13(8-16)6-5-11(15)2/h5-7,9-10,12,18H,4H2,1-3H3. The van der Waals surface area contributed by atoms with Crippen molar-refractivity contribution in [3.05, 3.63) is 47.3 Å². The first-order chi connectivity index (χ1) is 9.13. The molecule has 1 heterocycles. The van der Waals surface area contributed by atoms with E-state index in [9.17, 15) is 0 Å². The molecule has 1 aromatic carbocycles. The van der Waals surface area contributed by atoms with Gasteiger partial charge in [-0.25, -0.2) is 0 Å². The molecule has 2 aromatic rings. The smallest absolute Gasteiger partial charge is 0.0992 e. The SMILES string of the molecule is CCn1cc(C(C)Nc2cc(C#N)ccc2C)cn1. The summed E-state index contributed by atoms with van der Waals surface area (Å²) < 4.78 is 1.91. The van der Waals surface area contributed by atoms with Gasteiger partial charge >= 0.3 is 0 Å². The normalized spacial score (nSPS) is 11.9. The molecule has 0 radical (unpaired) electrons. The minimum absolute atomic E-state index is 0.160. The molecule has 0 saturated heterocycles. The number of nitrogens with one attached hydrogen (secondary N) is 1. The Hall–Kier alpha value is -2.28. The molecule has 1 N–H and O–H groups in total. The van der Waals surface area contributed by atoms with Crippen LogP contribution in [0, 0.1) is 18.3 Å². The van der Waals surface area contributed by atoms with Gasteiger partial charge in [-0.1, -0.05) is 6.07 Å². The molecule has 2 rings (SSSR count). The summed E-state index contributed by atoms with van der Waals surface area (Å²) >= 11 is 0. The van der Waals surface area contributed by atoms with Crippen LogP contribution in [0.25, 0.3) is 0 Å². The Morgan fingerprint density at radius 1 is 1.47 bits per heavy atom. The molecule has 0 saturated carbocycles. The van der Waals surface area contributed by atoms with E-state index in [-0.39, 0.29) is 6.04 Å². The van der Waals surface area contributed by atoms with E-state index in [0.717, 1.165) is 23.4 Å². The molecule has 0 fully saturated rings. The summed E-state index contributed by atoms with van der Waals surface area (Å²) in [7, 11) is 0. The Kier molecular flexibility index (Phi) is 3.86. The number of aromatic nitrogens is 2. The first kappa shape index (κ1) is 13.2. The van der Waals surface area contributed by atoms with Crippen molar-refractivity contribution in [3.8, 4) is 6.07 Å². The quantitative estimate of drug-likeness (QED) is 0.911. The van der Waals surface area contributed by atoms with Crippen molar-refractivity contribution in [2.24, 2.45) is 0 Å². The van der Waals surface area contributed by atoms with Crippen molar-refractivity contribution >= 4 is 5.69 Å². The second-order valence-corrected chi connectivity index (χ2v) is 4.64. The van der Waals surface area contributed by atoms with Gasteiger partial charge in [0.25, 0.3) is 0 Å². The van der Waals surface area contributed by atoms with E-state index in [1.807, 2.05) is 42.2 Å². The van der Waals surface area contributed by atoms with Crippen LogP contribution >= 0.6 is 0 Å². The van der Waals surface area contributed by atoms with Crippen LogP contribution in [0.1, 0.15) is 36.6 Å². The Bertz CT molecular complexity index is 607. The van der Waals surface area contributed by atoms with Crippen molar-refractivity contribution in [1.82, 2.24) is 9.78 Å². The van der Waals surface area contributed by atoms with E-state index < -0.39 is 0 Å². The number of aryl methyl sites for hydroxylation is 2. The van der Waals surface area contributed by atoms with Crippen molar-refractivity contribution in [1.29, 1.82) is 5.26 Å². The zero-order chi connectivity index (χ0) is 13.8. The number of hydrogen-bond donors (Lipinski definition) is 1. The molecule has 0 aliphatic rings. The molecule has 4 heteroatoms. The van der Waals surface area contributed by atoms with Crippen LogP contribution in [0.15, 0.2) is 30.6 Å². The highest BCUT2D eigenvalue weighted by Crippen LogP contribution is 2.22. The summed E-state index contributed by atoms with van der Waals surface area (Å²) in [5, 5.41) is 16.7. The van der Waals surface area contributed by atoms with Crippen molar-refractivity contribution in [2.45, 2.75) is 33.4 Å². The van der Waals surface area contributed by atoms with E-state index in [1.54, 1.807) is 0 Å². The highest BCUT2D eigenvalue weighted by molar-refractivity contribution is 5.56. The van der Waals surface area contributed by atoms with Gasteiger partial charge in [0.2, 0.25) is 0 Å². The minimum atomic E-state index is 0.160. The molecule has 0 aliphatic heterocycles. The van der Waals surface area contributed by atoms with Gasteiger partial charge in [-0.15, -0.1) is 0 Å². The zero-order valence-corrected chi connectivity index (χ0v) is 11.5. The fourth-order valence-corrected chi connectivity index (χ4v) is 1.94. The number of hydrogen-bond acceptors (Lipinski definition) is 3. The van der Waals surface area contributed by atoms with Crippen LogP contribution in [0.4, 0.5) is 5.69 Å². The monoisotopic (exact) mass is 254 g/mol. The molecule has 0 spiro atoms. The molecule has 0 aliphatic carbocycles. The van der Waals surface area contributed by atoms with Crippen LogP contribution in [0.5, 0.6) is 0 Å². The maximum atomic E-state index is 8.95. The van der Waals surface area contributed by atoms with Crippen LogP contribution in [0.2, 0.25) is 0 Å². The first-order valence-corrected chi connectivity index (χ1v) is 6.43. The van der Waals surface area contributed by atoms with E-state index in [2.05, 4.69) is 30.3 Å². The number of benzene rings is 1. The lowest BCUT2D eigenvalue weighted by Crippen LogP contribution is -2.07. The Morgan fingerprint density at radius 2 is 2.26 bits per heavy atom. The van der Waals surface area contributed by atoms with Gasteiger partial charge in [0.15, 0.2) is 0 Å². The molecular weight excluding hydrogens is 236 g/mol. The molecule has 1 atom stereocenters. The second kappa shape index (κ2) is 5.57. The highest BCUT2D eigenvalue weighted by Gasteiger charge is 2.09. The van der Waals surface area contributed by atoms with Crippen LogP contribution in [-0.4, -0.2) is 9.78 Å². The molecule has 19 heavy (non-hydrogen) atoms. The van der Waals surface area contributed by atoms with Gasteiger partial charge < -0.3 is 5.32 Å². The van der Waals surface area contributed by atoms with Crippen LogP contribution in [0.3, 0.4) is 0 Å². The van der Waals surface area contributed by atoms with Gasteiger partial charge in [-0.05, 0) is 38.5 Å². The van der Waals surface area contributed by atoms with Gasteiger partial charge in [-0.2, -0.15) is 10.4 Å². The predicted octanol–water partition coefficient (Wildman–Crippen LogP) is 3.26. The second-order valence-electron chi connectivity index (χ2n) is 4.64. The summed E-state index contributed by atoms with van der Waals surface area (Å²) in [6, 6.07) is 8.00. The maximum absolute atomic E-state index is 8.95. The summed E-state index contributed by atoms with van der Waals surface area (Å²) in [6.07, 6.45) is 3.92. The summed E-state index contributed by atoms with van der Waals surface area (Å²) in [5.74, 6) is 0. The van der Waals surface area contributed by atoms with Gasteiger partial charge in [0.1, 0.15) is 0 Å². The topological polar surface area (TPSA) is 53.6 Å². The lowest BCUT2D eigenvalue weighted by Gasteiger charge is -2.16. The third-order valence-electron chi connectivity index (χ3n) is 3.22. The van der Waals surface area contributed by atoms with Gasteiger partial charge in [0, 0.05) is 24.0 Å². The fourth-order valence-electron chi connectivity index (χ4n) is 1.94. The average Bonchev–Trinajstić information content (AvgIpc) is 2.90. The molecule has 98 valence electrons. The molecule has 0 bridgehead atoms. The molecular formula is C15H18N4. The zero-order valence-electron chi connectivity index (χ0n) is 11.5. The Morgan fingerprint density at radius 3 is 2.89 bits per heavy atom. The molecule has 4 nitrogen and oxygen atoms in total. The van der Waals surface area contributed by atoms with E-state index in [0.29, 0.717) is 5.56 Å². The van der Waals surface area contributed by atoms with Crippen LogP contribution < -0.4 is 5.32 Å². The third kappa shape index (κ3) is 2.94. The maximum Gasteiger partial charge on any atom is 0.0992 e. The average molecular weight is 254 g/mol. The Balaban J connectivity index is 2.18. The van der Waals surface area contributed by atoms with Gasteiger partial charge in [0.05, 0.1) is 23.9 Å². The van der Waals surface area contributed by atoms with Gasteiger partial charge in [-0.3, -0.25) is 4.68 Å². The first-order valence-electron chi connectivity index (χ1n) is 6.43. The summed E-state index contributed by atoms with van der Waals surface area (Å²) in [6.45, 7) is 7.06. The summed E-state index contributed by atoms with van der Waals surface area (Å²) in [4.78, 5) is 0. The Labute approximate surface area is 113 Å². The van der Waals surface area contributed by atoms with Crippen molar-refractivity contribution in [3.63, 3.8) is 0 Å². The molecule has 1 aromatic heterocycles. The lowest BCUT2D eigenvalue weighted by molar-refractivity contribution is 0.658. The minimum Gasteiger partial charge on any atom is -0.378 e. The number of nitrogens with zero attached hydrogens (tertiary/aromatic N) is 3. The number of nitriles is 1. The van der Waals surface area contributed by atoms with Crippen LogP contribution in [-0.2, 0) is 6.54 Å². The lowest BCUT2D eigenvalue weighted by atomic mass is 10.1. The third-order valence-corrected chi connectivity index (χ3v) is 3.22. The van der Waals surface area contributed by atoms with Crippen molar-refractivity contribution in [2.75, 3.05) is 5.32 Å². The number of anilines is 1. The number of rotatable bonds is 4. The van der Waals surface area contributed by atoms with E-state index in [4.69, 9.17) is 5.26 Å². The molecule has 0 amide bonds. The summed E-state index contributed by atoms with van der Waals surface area (Å²) in [5.41, 5.74) is 3.94.